The van der Waals surface area contributed by atoms with Gasteiger partial charge in [-0.2, -0.15) is 0 Å². The first-order valence-electron chi connectivity index (χ1n) is 8.08. The number of nitrogens with one attached hydrogen (secondary N) is 3. The van der Waals surface area contributed by atoms with Gasteiger partial charge in [-0.05, 0) is 42.7 Å². The normalized spacial score (nSPS) is 10.9. The SMILES string of the molecule is CCCC(=N)Cc1ccc[c]c1Nc1ccc2[nH]ccc2c1C. The molecule has 0 aliphatic rings. The lowest BCUT2D eigenvalue weighted by Crippen LogP contribution is -2.04. The quantitative estimate of drug-likeness (QED) is 0.526. The standard InChI is InChI=1S/C20H22N3/c1-3-6-16(21)13-15-7-4-5-8-19(15)23-18-9-10-20-17(14(18)2)11-12-22-20/h4-5,7,9-12,21-23H,3,6,13H2,1-2H3. The predicted octanol–water partition coefficient (Wildman–Crippen LogP) is 5.38. The molecule has 3 N–H and O–H groups in total. The molecule has 3 rings (SSSR count). The van der Waals surface area contributed by atoms with Gasteiger partial charge in [0.05, 0.1) is 5.69 Å². The van der Waals surface area contributed by atoms with Crippen LogP contribution in [0.25, 0.3) is 10.9 Å². The minimum atomic E-state index is 0.680. The third-order valence-corrected chi connectivity index (χ3v) is 4.16. The molecule has 0 amide bonds. The summed E-state index contributed by atoms with van der Waals surface area (Å²) in [6.07, 6.45) is 4.51. The number of hydrogen-bond acceptors (Lipinski definition) is 2. The fourth-order valence-electron chi connectivity index (χ4n) is 2.91. The number of H-pyrrole nitrogens is 1. The number of fused-ring (bicyclic) bond motifs is 1. The Balaban J connectivity index is 1.89. The van der Waals surface area contributed by atoms with E-state index in [1.165, 1.54) is 10.9 Å². The van der Waals surface area contributed by atoms with E-state index in [0.29, 0.717) is 6.42 Å². The third-order valence-electron chi connectivity index (χ3n) is 4.16. The van der Waals surface area contributed by atoms with Crippen LogP contribution < -0.4 is 5.32 Å². The van der Waals surface area contributed by atoms with Gasteiger partial charge in [-0.3, -0.25) is 0 Å². The lowest BCUT2D eigenvalue weighted by Gasteiger charge is -2.14. The molecule has 3 aromatic rings. The van der Waals surface area contributed by atoms with Crippen LogP contribution >= 0.6 is 0 Å². The van der Waals surface area contributed by atoms with Crippen molar-refractivity contribution in [2.24, 2.45) is 0 Å². The van der Waals surface area contributed by atoms with Gasteiger partial charge >= 0.3 is 0 Å². The molecule has 1 radical (unpaired) electrons. The summed E-state index contributed by atoms with van der Waals surface area (Å²) in [5, 5.41) is 12.8. The second-order valence-electron chi connectivity index (χ2n) is 5.90. The van der Waals surface area contributed by atoms with Crippen LogP contribution in [0.5, 0.6) is 0 Å². The van der Waals surface area contributed by atoms with Crippen molar-refractivity contribution >= 4 is 28.0 Å². The molecule has 1 heterocycles. The van der Waals surface area contributed by atoms with Crippen LogP contribution in [0.2, 0.25) is 0 Å². The van der Waals surface area contributed by atoms with E-state index in [1.54, 1.807) is 0 Å². The number of aryl methyl sites for hydroxylation is 1. The molecule has 0 aliphatic heterocycles. The fraction of sp³-hybridized carbons (Fsp3) is 0.250. The number of hydrogen-bond donors (Lipinski definition) is 3. The highest BCUT2D eigenvalue weighted by atomic mass is 14.9. The molecule has 3 heteroatoms. The van der Waals surface area contributed by atoms with Crippen LogP contribution in [-0.4, -0.2) is 10.7 Å². The molecule has 2 aromatic carbocycles. The second-order valence-corrected chi connectivity index (χ2v) is 5.90. The predicted molar refractivity (Wildman–Crippen MR) is 97.9 cm³/mol. The number of anilines is 2. The highest BCUT2D eigenvalue weighted by molar-refractivity contribution is 5.89. The van der Waals surface area contributed by atoms with Gasteiger partial charge in [-0.15, -0.1) is 0 Å². The first kappa shape index (κ1) is 15.3. The maximum Gasteiger partial charge on any atom is 0.0501 e. The summed E-state index contributed by atoms with van der Waals surface area (Å²) in [5.41, 5.74) is 6.31. The van der Waals surface area contributed by atoms with Gasteiger partial charge in [0.2, 0.25) is 0 Å². The van der Waals surface area contributed by atoms with E-state index in [0.717, 1.165) is 41.0 Å². The number of aromatic amines is 1. The number of aromatic nitrogens is 1. The molecule has 0 aliphatic carbocycles. The van der Waals surface area contributed by atoms with Crippen molar-refractivity contribution in [2.45, 2.75) is 33.1 Å². The van der Waals surface area contributed by atoms with Crippen LogP contribution in [0.1, 0.15) is 30.9 Å². The summed E-state index contributed by atoms with van der Waals surface area (Å²) >= 11 is 0. The molecule has 3 nitrogen and oxygen atoms in total. The van der Waals surface area contributed by atoms with E-state index in [9.17, 15) is 0 Å². The minimum absolute atomic E-state index is 0.680. The van der Waals surface area contributed by atoms with E-state index < -0.39 is 0 Å². The summed E-state index contributed by atoms with van der Waals surface area (Å²) in [7, 11) is 0. The first-order chi connectivity index (χ1) is 11.2. The molecule has 117 valence electrons. The highest BCUT2D eigenvalue weighted by Gasteiger charge is 2.09. The second kappa shape index (κ2) is 6.69. The molecular formula is C20H22N3. The zero-order valence-electron chi connectivity index (χ0n) is 13.7. The van der Waals surface area contributed by atoms with Crippen molar-refractivity contribution in [3.05, 3.63) is 59.8 Å². The van der Waals surface area contributed by atoms with Crippen molar-refractivity contribution < 1.29 is 0 Å². The van der Waals surface area contributed by atoms with Gasteiger partial charge in [0.1, 0.15) is 0 Å². The van der Waals surface area contributed by atoms with Gasteiger partial charge < -0.3 is 15.7 Å². The molecule has 0 saturated heterocycles. The zero-order chi connectivity index (χ0) is 16.2. The largest absolute Gasteiger partial charge is 0.361 e. The van der Waals surface area contributed by atoms with E-state index in [1.807, 2.05) is 18.3 Å². The van der Waals surface area contributed by atoms with E-state index in [-0.39, 0.29) is 0 Å². The molecule has 0 atom stereocenters. The Morgan fingerprint density at radius 1 is 1.26 bits per heavy atom. The average molecular weight is 304 g/mol. The van der Waals surface area contributed by atoms with Crippen LogP contribution in [0, 0.1) is 18.4 Å². The van der Waals surface area contributed by atoms with Crippen LogP contribution in [0.15, 0.2) is 42.6 Å². The Morgan fingerprint density at radius 3 is 2.96 bits per heavy atom. The molecule has 0 saturated carbocycles. The lowest BCUT2D eigenvalue weighted by molar-refractivity contribution is 0.965. The topological polar surface area (TPSA) is 51.7 Å². The van der Waals surface area contributed by atoms with Gasteiger partial charge in [0, 0.05) is 41.0 Å². The molecule has 0 unspecified atom stereocenters. The van der Waals surface area contributed by atoms with E-state index >= 15 is 0 Å². The summed E-state index contributed by atoms with van der Waals surface area (Å²) in [5.74, 6) is 0. The lowest BCUT2D eigenvalue weighted by atomic mass is 10.0. The fourth-order valence-corrected chi connectivity index (χ4v) is 2.91. The number of benzene rings is 2. The van der Waals surface area contributed by atoms with Gasteiger partial charge in [0.25, 0.3) is 0 Å². The summed E-state index contributed by atoms with van der Waals surface area (Å²) in [4.78, 5) is 3.24. The van der Waals surface area contributed by atoms with Crippen molar-refractivity contribution in [1.29, 1.82) is 5.41 Å². The zero-order valence-corrected chi connectivity index (χ0v) is 13.7. The van der Waals surface area contributed by atoms with E-state index in [2.05, 4.69) is 54.5 Å². The molecule has 0 fully saturated rings. The van der Waals surface area contributed by atoms with Gasteiger partial charge in [0.15, 0.2) is 0 Å². The van der Waals surface area contributed by atoms with Crippen LogP contribution in [0.3, 0.4) is 0 Å². The minimum Gasteiger partial charge on any atom is -0.361 e. The average Bonchev–Trinajstić information content (AvgIpc) is 3.01. The first-order valence-corrected chi connectivity index (χ1v) is 8.08. The molecule has 0 bridgehead atoms. The molecular weight excluding hydrogens is 282 g/mol. The maximum atomic E-state index is 8.09. The highest BCUT2D eigenvalue weighted by Crippen LogP contribution is 2.28. The maximum absolute atomic E-state index is 8.09. The Hall–Kier alpha value is -2.55. The van der Waals surface area contributed by atoms with Crippen molar-refractivity contribution in [3.8, 4) is 0 Å². The summed E-state index contributed by atoms with van der Waals surface area (Å²) < 4.78 is 0. The molecule has 1 aromatic heterocycles. The van der Waals surface area contributed by atoms with Crippen molar-refractivity contribution in [2.75, 3.05) is 5.32 Å². The number of para-hydroxylation sites is 1. The van der Waals surface area contributed by atoms with Gasteiger partial charge in [-0.25, -0.2) is 0 Å². The van der Waals surface area contributed by atoms with Crippen LogP contribution in [-0.2, 0) is 6.42 Å². The number of rotatable bonds is 6. The summed E-state index contributed by atoms with van der Waals surface area (Å²) in [6, 6.07) is 15.5. The Labute approximate surface area is 137 Å². The smallest absolute Gasteiger partial charge is 0.0501 e. The van der Waals surface area contributed by atoms with Crippen LogP contribution in [0.4, 0.5) is 11.4 Å². The Bertz CT molecular complexity index is 830. The van der Waals surface area contributed by atoms with Gasteiger partial charge in [-0.1, -0.05) is 31.5 Å². The monoisotopic (exact) mass is 304 g/mol. The van der Waals surface area contributed by atoms with E-state index in [4.69, 9.17) is 5.41 Å². The molecule has 0 spiro atoms. The molecule has 23 heavy (non-hydrogen) atoms. The van der Waals surface area contributed by atoms with Crippen molar-refractivity contribution in [1.82, 2.24) is 4.98 Å². The van der Waals surface area contributed by atoms with Crippen molar-refractivity contribution in [3.63, 3.8) is 0 Å². The Morgan fingerprint density at radius 2 is 2.13 bits per heavy atom. The third kappa shape index (κ3) is 3.29. The summed E-state index contributed by atoms with van der Waals surface area (Å²) in [6.45, 7) is 4.24. The Kier molecular flexibility index (Phi) is 4.47.